The molecular formula is C26H27ClFN3O3. The Bertz CT molecular complexity index is 1110. The van der Waals surface area contributed by atoms with E-state index in [0.717, 1.165) is 24.2 Å². The molecule has 6 nitrogen and oxygen atoms in total. The van der Waals surface area contributed by atoms with Gasteiger partial charge in [0.2, 0.25) is 5.91 Å². The number of carbonyl (C=O) groups excluding carboxylic acids is 2. The van der Waals surface area contributed by atoms with Crippen LogP contribution < -0.4 is 5.32 Å². The lowest BCUT2D eigenvalue weighted by molar-refractivity contribution is -0.132. The average Bonchev–Trinajstić information content (AvgIpc) is 3.48. The van der Waals surface area contributed by atoms with E-state index in [1.807, 2.05) is 23.1 Å². The number of halogens is 2. The molecule has 0 aliphatic heterocycles. The number of furan rings is 1. The topological polar surface area (TPSA) is 65.8 Å². The molecule has 8 heteroatoms. The quantitative estimate of drug-likeness (QED) is 0.457. The van der Waals surface area contributed by atoms with Crippen LogP contribution in [0.25, 0.3) is 0 Å². The van der Waals surface area contributed by atoms with Crippen molar-refractivity contribution in [2.24, 2.45) is 0 Å². The van der Waals surface area contributed by atoms with Crippen molar-refractivity contribution in [3.05, 3.63) is 94.2 Å². The molecule has 2 amide bonds. The largest absolute Gasteiger partial charge is 0.468 e. The van der Waals surface area contributed by atoms with Crippen molar-refractivity contribution in [1.82, 2.24) is 15.1 Å². The zero-order valence-electron chi connectivity index (χ0n) is 19.0. The summed E-state index contributed by atoms with van der Waals surface area (Å²) in [4.78, 5) is 28.6. The van der Waals surface area contributed by atoms with Crippen LogP contribution in [0.5, 0.6) is 0 Å². The fourth-order valence-electron chi connectivity index (χ4n) is 3.63. The number of rotatable bonds is 10. The number of carbonyl (C=O) groups is 2. The van der Waals surface area contributed by atoms with Crippen LogP contribution in [0.15, 0.2) is 65.3 Å². The predicted molar refractivity (Wildman–Crippen MR) is 128 cm³/mol. The number of hydrogen-bond donors (Lipinski definition) is 1. The van der Waals surface area contributed by atoms with Gasteiger partial charge in [-0.1, -0.05) is 29.8 Å². The molecule has 3 aromatic rings. The third-order valence-electron chi connectivity index (χ3n) is 5.74. The van der Waals surface area contributed by atoms with E-state index < -0.39 is 5.82 Å². The zero-order valence-corrected chi connectivity index (χ0v) is 19.7. The van der Waals surface area contributed by atoms with Gasteiger partial charge in [0.05, 0.1) is 19.4 Å². The van der Waals surface area contributed by atoms with Gasteiger partial charge in [0.25, 0.3) is 5.91 Å². The van der Waals surface area contributed by atoms with E-state index in [1.54, 1.807) is 37.6 Å². The van der Waals surface area contributed by atoms with Crippen LogP contribution >= 0.6 is 11.6 Å². The molecule has 34 heavy (non-hydrogen) atoms. The summed E-state index contributed by atoms with van der Waals surface area (Å²) >= 11 is 6.12. The SMILES string of the molecule is CN(Cc1c(F)cccc1Cl)C(=O)CN(Cc1ccc(C(=O)NC2CC2)cc1)Cc1ccco1. The van der Waals surface area contributed by atoms with Gasteiger partial charge in [0.1, 0.15) is 11.6 Å². The molecule has 0 radical (unpaired) electrons. The van der Waals surface area contributed by atoms with Crippen LogP contribution in [0.4, 0.5) is 4.39 Å². The highest BCUT2D eigenvalue weighted by Gasteiger charge is 2.24. The summed E-state index contributed by atoms with van der Waals surface area (Å²) in [6.07, 6.45) is 3.67. The number of benzene rings is 2. The first-order valence-corrected chi connectivity index (χ1v) is 11.6. The Kier molecular flexibility index (Phi) is 7.65. The van der Waals surface area contributed by atoms with E-state index in [9.17, 15) is 14.0 Å². The van der Waals surface area contributed by atoms with Crippen molar-refractivity contribution in [2.45, 2.75) is 38.5 Å². The lowest BCUT2D eigenvalue weighted by Crippen LogP contribution is -2.37. The first kappa shape index (κ1) is 24.0. The van der Waals surface area contributed by atoms with Gasteiger partial charge in [-0.05, 0) is 54.8 Å². The molecule has 0 atom stereocenters. The lowest BCUT2D eigenvalue weighted by atomic mass is 10.1. The molecule has 1 N–H and O–H groups in total. The molecule has 1 heterocycles. The number of likely N-dealkylation sites (N-methyl/N-ethyl adjacent to an activating group) is 1. The summed E-state index contributed by atoms with van der Waals surface area (Å²) in [5.74, 6) is 0.0508. The monoisotopic (exact) mass is 483 g/mol. The minimum Gasteiger partial charge on any atom is -0.468 e. The Morgan fingerprint density at radius 3 is 2.47 bits per heavy atom. The average molecular weight is 484 g/mol. The van der Waals surface area contributed by atoms with Crippen LogP contribution in [-0.4, -0.2) is 41.2 Å². The van der Waals surface area contributed by atoms with Crippen molar-refractivity contribution < 1.29 is 18.4 Å². The van der Waals surface area contributed by atoms with Gasteiger partial charge in [-0.2, -0.15) is 0 Å². The molecule has 0 spiro atoms. The summed E-state index contributed by atoms with van der Waals surface area (Å²) in [5, 5.41) is 3.27. The van der Waals surface area contributed by atoms with E-state index in [2.05, 4.69) is 5.32 Å². The molecule has 0 bridgehead atoms. The summed E-state index contributed by atoms with van der Waals surface area (Å²) < 4.78 is 19.6. The maximum atomic E-state index is 14.2. The Labute approximate surface area is 203 Å². The number of amides is 2. The van der Waals surface area contributed by atoms with Crippen LogP contribution in [0.2, 0.25) is 5.02 Å². The highest BCUT2D eigenvalue weighted by Crippen LogP contribution is 2.21. The number of nitrogens with one attached hydrogen (secondary N) is 1. The molecule has 1 fully saturated rings. The van der Waals surface area contributed by atoms with Crippen molar-refractivity contribution in [3.8, 4) is 0 Å². The molecule has 0 unspecified atom stereocenters. The lowest BCUT2D eigenvalue weighted by Gasteiger charge is -2.25. The fraction of sp³-hybridized carbons (Fsp3) is 0.308. The van der Waals surface area contributed by atoms with Crippen molar-refractivity contribution >= 4 is 23.4 Å². The van der Waals surface area contributed by atoms with E-state index in [1.165, 1.54) is 17.0 Å². The van der Waals surface area contributed by atoms with Crippen LogP contribution in [-0.2, 0) is 24.4 Å². The third-order valence-corrected chi connectivity index (χ3v) is 6.09. The normalized spacial score (nSPS) is 13.2. The zero-order chi connectivity index (χ0) is 24.1. The fourth-order valence-corrected chi connectivity index (χ4v) is 3.85. The third kappa shape index (κ3) is 6.46. The molecule has 0 saturated heterocycles. The Hall–Kier alpha value is -3.16. The minimum atomic E-state index is -0.439. The number of hydrogen-bond acceptors (Lipinski definition) is 4. The van der Waals surface area contributed by atoms with Crippen LogP contribution in [0, 0.1) is 5.82 Å². The molecule has 1 saturated carbocycles. The van der Waals surface area contributed by atoms with E-state index in [-0.39, 0.29) is 35.5 Å². The molecular weight excluding hydrogens is 457 g/mol. The van der Waals surface area contributed by atoms with Gasteiger partial charge in [0.15, 0.2) is 0 Å². The molecule has 1 aromatic heterocycles. The summed E-state index contributed by atoms with van der Waals surface area (Å²) in [7, 11) is 1.63. The maximum Gasteiger partial charge on any atom is 0.251 e. The van der Waals surface area contributed by atoms with E-state index in [0.29, 0.717) is 24.7 Å². The van der Waals surface area contributed by atoms with Crippen molar-refractivity contribution in [3.63, 3.8) is 0 Å². The molecule has 178 valence electrons. The molecule has 1 aliphatic rings. The Balaban J connectivity index is 1.42. The highest BCUT2D eigenvalue weighted by molar-refractivity contribution is 6.31. The highest BCUT2D eigenvalue weighted by atomic mass is 35.5. The number of nitrogens with zero attached hydrogens (tertiary/aromatic N) is 2. The second-order valence-electron chi connectivity index (χ2n) is 8.62. The van der Waals surface area contributed by atoms with Gasteiger partial charge in [0, 0.05) is 42.3 Å². The van der Waals surface area contributed by atoms with Crippen LogP contribution in [0.1, 0.15) is 40.1 Å². The second-order valence-corrected chi connectivity index (χ2v) is 9.03. The first-order valence-electron chi connectivity index (χ1n) is 11.2. The minimum absolute atomic E-state index is 0.0647. The van der Waals surface area contributed by atoms with Crippen molar-refractivity contribution in [1.29, 1.82) is 0 Å². The molecule has 1 aliphatic carbocycles. The second kappa shape index (κ2) is 10.8. The van der Waals surface area contributed by atoms with Gasteiger partial charge in [-0.25, -0.2) is 4.39 Å². The Morgan fingerprint density at radius 2 is 1.82 bits per heavy atom. The van der Waals surface area contributed by atoms with Gasteiger partial charge < -0.3 is 14.6 Å². The summed E-state index contributed by atoms with van der Waals surface area (Å²) in [6, 6.07) is 15.8. The molecule has 2 aromatic carbocycles. The maximum absolute atomic E-state index is 14.2. The predicted octanol–water partition coefficient (Wildman–Crippen LogP) is 4.63. The van der Waals surface area contributed by atoms with Crippen molar-refractivity contribution in [2.75, 3.05) is 13.6 Å². The standard InChI is InChI=1S/C26H27ClFN3O3/c1-30(16-22-23(27)5-2-6-24(22)28)25(32)17-31(15-21-4-3-13-34-21)14-18-7-9-19(10-8-18)26(33)29-20-11-12-20/h2-10,13,20H,11-12,14-17H2,1H3,(H,29,33). The van der Waals surface area contributed by atoms with Gasteiger partial charge >= 0.3 is 0 Å². The Morgan fingerprint density at radius 1 is 1.06 bits per heavy atom. The van der Waals surface area contributed by atoms with Crippen LogP contribution in [0.3, 0.4) is 0 Å². The van der Waals surface area contributed by atoms with Gasteiger partial charge in [-0.3, -0.25) is 14.5 Å². The summed E-state index contributed by atoms with van der Waals surface area (Å²) in [6.45, 7) is 1.08. The van der Waals surface area contributed by atoms with E-state index in [4.69, 9.17) is 16.0 Å². The van der Waals surface area contributed by atoms with E-state index >= 15 is 0 Å². The smallest absolute Gasteiger partial charge is 0.251 e. The summed E-state index contributed by atoms with van der Waals surface area (Å²) in [5.41, 5.74) is 1.87. The van der Waals surface area contributed by atoms with Gasteiger partial charge in [-0.15, -0.1) is 0 Å². The molecule has 4 rings (SSSR count). The first-order chi connectivity index (χ1) is 16.4.